The second-order valence-electron chi connectivity index (χ2n) is 6.29. The van der Waals surface area contributed by atoms with E-state index in [-0.39, 0.29) is 5.54 Å². The molecule has 0 heterocycles. The van der Waals surface area contributed by atoms with Gasteiger partial charge in [0.2, 0.25) is 0 Å². The fraction of sp³-hybridized carbons (Fsp3) is 0.733. The lowest BCUT2D eigenvalue weighted by Gasteiger charge is -2.27. The van der Waals surface area contributed by atoms with Gasteiger partial charge < -0.3 is 10.6 Å². The van der Waals surface area contributed by atoms with Crippen LogP contribution in [0.3, 0.4) is 0 Å². The molecule has 0 saturated heterocycles. The van der Waals surface area contributed by atoms with Crippen molar-refractivity contribution >= 4 is 0 Å². The third kappa shape index (κ3) is 8.84. The number of hydrogen-bond acceptors (Lipinski definition) is 2. The lowest BCUT2D eigenvalue weighted by atomic mass is 9.97. The molecule has 0 aromatic heterocycles. The Labute approximate surface area is 108 Å². The largest absolute Gasteiger partial charge is 0.386 e. The van der Waals surface area contributed by atoms with Crippen LogP contribution < -0.4 is 10.6 Å². The lowest BCUT2D eigenvalue weighted by Crippen LogP contribution is -2.36. The molecule has 2 nitrogen and oxygen atoms in total. The molecule has 17 heavy (non-hydrogen) atoms. The molecule has 0 radical (unpaired) electrons. The van der Waals surface area contributed by atoms with Crippen molar-refractivity contribution in [1.29, 1.82) is 0 Å². The summed E-state index contributed by atoms with van der Waals surface area (Å²) in [5, 5.41) is 6.86. The summed E-state index contributed by atoms with van der Waals surface area (Å²) in [5.74, 6) is 0.606. The topological polar surface area (TPSA) is 24.1 Å². The molecule has 0 aromatic carbocycles. The van der Waals surface area contributed by atoms with Gasteiger partial charge in [-0.15, -0.1) is 0 Å². The third-order valence-corrected chi connectivity index (χ3v) is 2.55. The summed E-state index contributed by atoms with van der Waals surface area (Å²) < 4.78 is 0. The van der Waals surface area contributed by atoms with Crippen LogP contribution >= 0.6 is 0 Å². The Balaban J connectivity index is 4.13. The van der Waals surface area contributed by atoms with Crippen molar-refractivity contribution in [2.75, 3.05) is 0 Å². The van der Waals surface area contributed by atoms with Crippen LogP contribution in [0.15, 0.2) is 24.6 Å². The van der Waals surface area contributed by atoms with E-state index in [4.69, 9.17) is 0 Å². The van der Waals surface area contributed by atoms with Gasteiger partial charge in [0.1, 0.15) is 0 Å². The molecule has 1 unspecified atom stereocenters. The highest BCUT2D eigenvalue weighted by atomic mass is 15.0. The minimum absolute atomic E-state index is 0.103. The van der Waals surface area contributed by atoms with E-state index >= 15 is 0 Å². The van der Waals surface area contributed by atoms with Crippen LogP contribution in [0.2, 0.25) is 0 Å². The van der Waals surface area contributed by atoms with Gasteiger partial charge in [-0.25, -0.2) is 0 Å². The monoisotopic (exact) mass is 238 g/mol. The average molecular weight is 238 g/mol. The molecular weight excluding hydrogens is 208 g/mol. The van der Waals surface area contributed by atoms with Crippen molar-refractivity contribution in [2.45, 2.75) is 66.0 Å². The summed E-state index contributed by atoms with van der Waals surface area (Å²) in [4.78, 5) is 0. The molecule has 0 aliphatic rings. The van der Waals surface area contributed by atoms with E-state index in [1.807, 2.05) is 6.92 Å². The highest BCUT2D eigenvalue weighted by Crippen LogP contribution is 2.14. The van der Waals surface area contributed by atoms with Crippen molar-refractivity contribution in [2.24, 2.45) is 5.92 Å². The van der Waals surface area contributed by atoms with Crippen LogP contribution in [0.25, 0.3) is 0 Å². The molecule has 0 aromatic rings. The first-order valence-corrected chi connectivity index (χ1v) is 6.50. The standard InChI is InChI=1S/C15H30N2/c1-11(2)14(16-12(3)4)10-9-13(5)17-15(6,7)8/h11,14,16-17H,3,5,9-10H2,1-2,4,6-8H3. The van der Waals surface area contributed by atoms with Crippen LogP contribution in [0.5, 0.6) is 0 Å². The Bertz CT molecular complexity index is 259. The summed E-state index contributed by atoms with van der Waals surface area (Å²) in [7, 11) is 0. The highest BCUT2D eigenvalue weighted by molar-refractivity contribution is 4.98. The predicted molar refractivity (Wildman–Crippen MR) is 77.8 cm³/mol. The first-order valence-electron chi connectivity index (χ1n) is 6.50. The predicted octanol–water partition coefficient (Wildman–Crippen LogP) is 3.82. The Hall–Kier alpha value is -0.920. The molecule has 2 N–H and O–H groups in total. The second kappa shape index (κ2) is 6.73. The zero-order valence-corrected chi connectivity index (χ0v) is 12.5. The van der Waals surface area contributed by atoms with E-state index in [0.29, 0.717) is 12.0 Å². The van der Waals surface area contributed by atoms with E-state index in [9.17, 15) is 0 Å². The van der Waals surface area contributed by atoms with Crippen LogP contribution in [0.1, 0.15) is 54.4 Å². The summed E-state index contributed by atoms with van der Waals surface area (Å²) in [6.45, 7) is 21.0. The van der Waals surface area contributed by atoms with Crippen molar-refractivity contribution in [3.05, 3.63) is 24.6 Å². The molecule has 0 amide bonds. The number of hydrogen-bond donors (Lipinski definition) is 2. The molecule has 0 fully saturated rings. The van der Waals surface area contributed by atoms with E-state index in [2.05, 4.69) is 58.4 Å². The molecule has 0 spiro atoms. The molecule has 0 saturated carbocycles. The fourth-order valence-corrected chi connectivity index (χ4v) is 1.81. The van der Waals surface area contributed by atoms with E-state index < -0.39 is 0 Å². The lowest BCUT2D eigenvalue weighted by molar-refractivity contribution is 0.392. The minimum atomic E-state index is 0.103. The Morgan fingerprint density at radius 2 is 1.71 bits per heavy atom. The molecular formula is C15H30N2. The van der Waals surface area contributed by atoms with Crippen LogP contribution in [-0.4, -0.2) is 11.6 Å². The van der Waals surface area contributed by atoms with Gasteiger partial charge in [0, 0.05) is 23.0 Å². The molecule has 100 valence electrons. The van der Waals surface area contributed by atoms with Gasteiger partial charge in [0.05, 0.1) is 0 Å². The van der Waals surface area contributed by atoms with E-state index in [1.165, 1.54) is 0 Å². The van der Waals surface area contributed by atoms with Crippen molar-refractivity contribution in [3.8, 4) is 0 Å². The quantitative estimate of drug-likeness (QED) is 0.704. The third-order valence-electron chi connectivity index (χ3n) is 2.55. The van der Waals surface area contributed by atoms with E-state index in [0.717, 1.165) is 24.2 Å². The summed E-state index contributed by atoms with van der Waals surface area (Å²) in [6.07, 6.45) is 2.09. The number of rotatable bonds is 7. The van der Waals surface area contributed by atoms with Gasteiger partial charge in [0.15, 0.2) is 0 Å². The molecule has 0 aliphatic heterocycles. The van der Waals surface area contributed by atoms with Crippen LogP contribution in [0, 0.1) is 5.92 Å². The van der Waals surface area contributed by atoms with Crippen molar-refractivity contribution < 1.29 is 0 Å². The Morgan fingerprint density at radius 3 is 2.06 bits per heavy atom. The average Bonchev–Trinajstić information content (AvgIpc) is 2.08. The summed E-state index contributed by atoms with van der Waals surface area (Å²) >= 11 is 0. The van der Waals surface area contributed by atoms with Crippen molar-refractivity contribution in [1.82, 2.24) is 10.6 Å². The molecule has 1 atom stereocenters. The number of allylic oxidation sites excluding steroid dienone is 2. The van der Waals surface area contributed by atoms with Gasteiger partial charge in [-0.3, -0.25) is 0 Å². The Morgan fingerprint density at radius 1 is 1.18 bits per heavy atom. The Kier molecular flexibility index (Phi) is 6.36. The van der Waals surface area contributed by atoms with Gasteiger partial charge in [-0.1, -0.05) is 27.0 Å². The van der Waals surface area contributed by atoms with E-state index in [1.54, 1.807) is 0 Å². The zero-order chi connectivity index (χ0) is 13.6. The molecule has 0 rings (SSSR count). The SMILES string of the molecule is C=C(C)NC(CCC(=C)NC(C)(C)C)C(C)C. The van der Waals surface area contributed by atoms with Gasteiger partial charge in [-0.05, 0) is 46.5 Å². The first kappa shape index (κ1) is 16.1. The maximum absolute atomic E-state index is 4.09. The highest BCUT2D eigenvalue weighted by Gasteiger charge is 2.15. The zero-order valence-electron chi connectivity index (χ0n) is 12.5. The molecule has 0 bridgehead atoms. The molecule has 2 heteroatoms. The maximum atomic E-state index is 4.09. The fourth-order valence-electron chi connectivity index (χ4n) is 1.81. The second-order valence-corrected chi connectivity index (χ2v) is 6.29. The van der Waals surface area contributed by atoms with Crippen molar-refractivity contribution in [3.63, 3.8) is 0 Å². The van der Waals surface area contributed by atoms with Crippen LogP contribution in [0.4, 0.5) is 0 Å². The van der Waals surface area contributed by atoms with Crippen LogP contribution in [-0.2, 0) is 0 Å². The summed E-state index contributed by atoms with van der Waals surface area (Å²) in [5.41, 5.74) is 2.26. The van der Waals surface area contributed by atoms with Gasteiger partial charge in [-0.2, -0.15) is 0 Å². The number of nitrogens with one attached hydrogen (secondary N) is 2. The molecule has 0 aliphatic carbocycles. The maximum Gasteiger partial charge on any atom is 0.0286 e. The van der Waals surface area contributed by atoms with Gasteiger partial charge >= 0.3 is 0 Å². The first-order chi connectivity index (χ1) is 7.61. The summed E-state index contributed by atoms with van der Waals surface area (Å²) in [6, 6.07) is 0.478. The minimum Gasteiger partial charge on any atom is -0.386 e. The van der Waals surface area contributed by atoms with Gasteiger partial charge in [0.25, 0.3) is 0 Å². The normalized spacial score (nSPS) is 13.4. The smallest absolute Gasteiger partial charge is 0.0286 e.